The molecule has 100 valence electrons. The molecule has 0 radical (unpaired) electrons. The number of hydrogen-bond donors (Lipinski definition) is 1. The molecule has 0 bridgehead atoms. The lowest BCUT2D eigenvalue weighted by molar-refractivity contribution is -0.121. The summed E-state index contributed by atoms with van der Waals surface area (Å²) < 4.78 is 14.9. The number of carbonyl (C=O) groups is 1. The molecular weight excluding hydrogens is 298 g/mol. The van der Waals surface area contributed by atoms with Crippen LogP contribution in [0.1, 0.15) is 18.4 Å². The Morgan fingerprint density at radius 3 is 2.50 bits per heavy atom. The summed E-state index contributed by atoms with van der Waals surface area (Å²) in [6.45, 7) is -4.51. The summed E-state index contributed by atoms with van der Waals surface area (Å²) in [6, 6.07) is 7.36. The summed E-state index contributed by atoms with van der Waals surface area (Å²) in [4.78, 5) is 19.9. The topological polar surface area (TPSA) is 63.6 Å². The third kappa shape index (κ3) is 7.14. The van der Waals surface area contributed by atoms with Crippen LogP contribution in [-0.2, 0) is 20.3 Å². The Bertz CT molecular complexity index is 441. The standard InChI is InChI=1S/C11H13Cl2O4P/c12-10-6-4-9(5-7-10)2-1-3-11(14)8-17-18(13,15)16/h4-7H,1-3,8H2,(H,15,16). The number of rotatable bonds is 7. The van der Waals surface area contributed by atoms with Gasteiger partial charge in [-0.15, -0.1) is 0 Å². The molecule has 0 saturated carbocycles. The normalized spacial score (nSPS) is 14.2. The van der Waals surface area contributed by atoms with Crippen LogP contribution in [0.5, 0.6) is 0 Å². The second-order valence-corrected chi connectivity index (χ2v) is 6.62. The smallest absolute Gasteiger partial charge is 0.313 e. The maximum atomic E-state index is 11.3. The van der Waals surface area contributed by atoms with Crippen LogP contribution >= 0.6 is 29.8 Å². The number of ketones is 1. The molecule has 0 saturated heterocycles. The van der Waals surface area contributed by atoms with E-state index in [2.05, 4.69) is 4.52 Å². The molecule has 0 amide bonds. The first kappa shape index (κ1) is 15.7. The van der Waals surface area contributed by atoms with Crippen LogP contribution in [0.2, 0.25) is 5.02 Å². The van der Waals surface area contributed by atoms with Crippen molar-refractivity contribution in [2.24, 2.45) is 0 Å². The van der Waals surface area contributed by atoms with Crippen LogP contribution in [0.15, 0.2) is 24.3 Å². The van der Waals surface area contributed by atoms with Gasteiger partial charge in [-0.3, -0.25) is 9.32 Å². The van der Waals surface area contributed by atoms with Gasteiger partial charge >= 0.3 is 6.95 Å². The summed E-state index contributed by atoms with van der Waals surface area (Å²) in [5.41, 5.74) is 1.08. The number of Topliss-reactive ketones (excluding diaryl/α,β-unsaturated/α-hetero) is 1. The second-order valence-electron chi connectivity index (χ2n) is 3.74. The van der Waals surface area contributed by atoms with E-state index in [1.165, 1.54) is 0 Å². The summed E-state index contributed by atoms with van der Waals surface area (Å²) in [5.74, 6) is -0.251. The number of aryl methyl sites for hydroxylation is 1. The Morgan fingerprint density at radius 2 is 1.94 bits per heavy atom. The van der Waals surface area contributed by atoms with E-state index in [1.54, 1.807) is 12.1 Å². The summed E-state index contributed by atoms with van der Waals surface area (Å²) in [5, 5.41) is 0.670. The van der Waals surface area contributed by atoms with Crippen LogP contribution in [0.4, 0.5) is 0 Å². The van der Waals surface area contributed by atoms with Gasteiger partial charge in [-0.1, -0.05) is 23.7 Å². The second kappa shape index (κ2) is 7.27. The molecule has 0 fully saturated rings. The molecule has 0 aromatic heterocycles. The number of hydrogen-bond acceptors (Lipinski definition) is 3. The Labute approximate surface area is 115 Å². The van der Waals surface area contributed by atoms with E-state index in [9.17, 15) is 9.36 Å². The lowest BCUT2D eigenvalue weighted by atomic mass is 10.1. The zero-order valence-corrected chi connectivity index (χ0v) is 11.9. The van der Waals surface area contributed by atoms with Crippen molar-refractivity contribution in [3.05, 3.63) is 34.9 Å². The number of halogens is 2. The Kier molecular flexibility index (Phi) is 6.33. The summed E-state index contributed by atoms with van der Waals surface area (Å²) in [7, 11) is 0. The molecule has 0 spiro atoms. The maximum absolute atomic E-state index is 11.3. The summed E-state index contributed by atoms with van der Waals surface area (Å²) in [6.07, 6.45) is 1.65. The van der Waals surface area contributed by atoms with Gasteiger partial charge in [0.25, 0.3) is 0 Å². The quantitative estimate of drug-likeness (QED) is 0.782. The van der Waals surface area contributed by atoms with E-state index in [-0.39, 0.29) is 12.2 Å². The van der Waals surface area contributed by atoms with Crippen molar-refractivity contribution in [3.8, 4) is 0 Å². The molecule has 1 aromatic rings. The predicted octanol–water partition coefficient (Wildman–Crippen LogP) is 3.59. The fourth-order valence-corrected chi connectivity index (χ4v) is 1.94. The minimum atomic E-state index is -4.08. The van der Waals surface area contributed by atoms with Crippen LogP contribution in [0, 0.1) is 0 Å². The van der Waals surface area contributed by atoms with Crippen LogP contribution in [-0.4, -0.2) is 17.3 Å². The largest absolute Gasteiger partial charge is 0.422 e. The Balaban J connectivity index is 2.23. The Hall–Kier alpha value is -0.380. The molecule has 0 aliphatic carbocycles. The van der Waals surface area contributed by atoms with Gasteiger partial charge in [-0.25, -0.2) is 4.57 Å². The third-order valence-corrected chi connectivity index (χ3v) is 3.21. The highest BCUT2D eigenvalue weighted by molar-refractivity contribution is 7.80. The molecular formula is C11H13Cl2O4P. The number of benzene rings is 1. The van der Waals surface area contributed by atoms with Gasteiger partial charge in [0.1, 0.15) is 6.61 Å². The maximum Gasteiger partial charge on any atom is 0.422 e. The molecule has 1 atom stereocenters. The van der Waals surface area contributed by atoms with Crippen molar-refractivity contribution in [1.82, 2.24) is 0 Å². The van der Waals surface area contributed by atoms with Crippen LogP contribution < -0.4 is 0 Å². The molecule has 1 unspecified atom stereocenters. The third-order valence-electron chi connectivity index (χ3n) is 2.22. The molecule has 0 heterocycles. The van der Waals surface area contributed by atoms with Gasteiger partial charge < -0.3 is 4.89 Å². The first-order chi connectivity index (χ1) is 8.37. The van der Waals surface area contributed by atoms with E-state index in [0.29, 0.717) is 11.4 Å². The SMILES string of the molecule is O=C(CCCc1ccc(Cl)cc1)COP(=O)(O)Cl. The number of carbonyl (C=O) groups excluding carboxylic acids is 1. The van der Waals surface area contributed by atoms with Crippen LogP contribution in [0.3, 0.4) is 0 Å². The molecule has 1 rings (SSSR count). The van der Waals surface area contributed by atoms with Gasteiger partial charge in [0.05, 0.1) is 0 Å². The van der Waals surface area contributed by atoms with E-state index in [4.69, 9.17) is 27.7 Å². The van der Waals surface area contributed by atoms with Crippen molar-refractivity contribution in [2.45, 2.75) is 19.3 Å². The van der Waals surface area contributed by atoms with Crippen molar-refractivity contribution in [3.63, 3.8) is 0 Å². The molecule has 18 heavy (non-hydrogen) atoms. The predicted molar refractivity (Wildman–Crippen MR) is 71.0 cm³/mol. The highest BCUT2D eigenvalue weighted by Crippen LogP contribution is 2.47. The minimum Gasteiger partial charge on any atom is -0.313 e. The average Bonchev–Trinajstić information content (AvgIpc) is 2.28. The summed E-state index contributed by atoms with van der Waals surface area (Å²) >= 11 is 10.7. The van der Waals surface area contributed by atoms with E-state index < -0.39 is 13.6 Å². The molecule has 0 aliphatic heterocycles. The first-order valence-electron chi connectivity index (χ1n) is 5.30. The van der Waals surface area contributed by atoms with Gasteiger partial charge in [0, 0.05) is 22.7 Å². The molecule has 7 heteroatoms. The van der Waals surface area contributed by atoms with Crippen molar-refractivity contribution in [1.29, 1.82) is 0 Å². The molecule has 4 nitrogen and oxygen atoms in total. The fraction of sp³-hybridized carbons (Fsp3) is 0.364. The van der Waals surface area contributed by atoms with Crippen molar-refractivity contribution < 1.29 is 18.8 Å². The van der Waals surface area contributed by atoms with E-state index >= 15 is 0 Å². The zero-order chi connectivity index (χ0) is 13.6. The van der Waals surface area contributed by atoms with Crippen molar-refractivity contribution >= 4 is 35.6 Å². The van der Waals surface area contributed by atoms with Gasteiger partial charge in [0.15, 0.2) is 5.78 Å². The molecule has 1 N–H and O–H groups in total. The van der Waals surface area contributed by atoms with Crippen molar-refractivity contribution in [2.75, 3.05) is 6.61 Å². The first-order valence-corrected chi connectivity index (χ1v) is 8.16. The highest BCUT2D eigenvalue weighted by atomic mass is 35.7. The van der Waals surface area contributed by atoms with E-state index in [1.807, 2.05) is 12.1 Å². The average molecular weight is 311 g/mol. The minimum absolute atomic E-state index is 0.251. The van der Waals surface area contributed by atoms with Gasteiger partial charge in [-0.2, -0.15) is 0 Å². The van der Waals surface area contributed by atoms with Crippen LogP contribution in [0.25, 0.3) is 0 Å². The zero-order valence-electron chi connectivity index (χ0n) is 9.51. The lowest BCUT2D eigenvalue weighted by Crippen LogP contribution is -2.06. The van der Waals surface area contributed by atoms with Gasteiger partial charge in [0.2, 0.25) is 0 Å². The lowest BCUT2D eigenvalue weighted by Gasteiger charge is -2.04. The van der Waals surface area contributed by atoms with Gasteiger partial charge in [-0.05, 0) is 30.5 Å². The van der Waals surface area contributed by atoms with E-state index in [0.717, 1.165) is 12.0 Å². The fourth-order valence-electron chi connectivity index (χ4n) is 1.36. The monoisotopic (exact) mass is 310 g/mol. The molecule has 0 aliphatic rings. The highest BCUT2D eigenvalue weighted by Gasteiger charge is 2.15. The molecule has 1 aromatic carbocycles. The Morgan fingerprint density at radius 1 is 1.33 bits per heavy atom.